The van der Waals surface area contributed by atoms with Crippen LogP contribution in [0.4, 0.5) is 0 Å². The summed E-state index contributed by atoms with van der Waals surface area (Å²) in [6, 6.07) is 17.4. The van der Waals surface area contributed by atoms with E-state index in [0.29, 0.717) is 11.8 Å². The molecule has 3 heteroatoms. The van der Waals surface area contributed by atoms with Crippen LogP contribution < -0.4 is 6.15 Å². The third-order valence-corrected chi connectivity index (χ3v) is 17.2. The number of rotatable bonds is 20. The van der Waals surface area contributed by atoms with Crippen molar-refractivity contribution < 1.29 is 6.15 Å². The summed E-state index contributed by atoms with van der Waals surface area (Å²) in [6.07, 6.45) is 15.7. The molecule has 0 heterocycles. The van der Waals surface area contributed by atoms with E-state index in [0.717, 1.165) is 20.4 Å². The molecular weight excluding hydrogens is 559 g/mol. The zero-order valence-electron chi connectivity index (χ0n) is 25.0. The average molecular weight is 616 g/mol. The summed E-state index contributed by atoms with van der Waals surface area (Å²) in [5.41, 5.74) is 2.63. The molecule has 0 saturated heterocycles. The monoisotopic (exact) mass is 616 g/mol. The maximum atomic E-state index is 7.28. The van der Waals surface area contributed by atoms with Gasteiger partial charge in [-0.25, -0.2) is 0 Å². The van der Waals surface area contributed by atoms with Crippen LogP contribution in [0.5, 0.6) is 11.5 Å². The number of hydrogen-bond acceptors (Lipinski definition) is 2. The fourth-order valence-corrected chi connectivity index (χ4v) is 15.0. The molecule has 2 rings (SSSR count). The molecule has 0 aliphatic rings. The van der Waals surface area contributed by atoms with Crippen LogP contribution in [0.2, 0.25) is 8.87 Å². The topological polar surface area (TPSA) is 18.5 Å². The quantitative estimate of drug-likeness (QED) is 0.109. The van der Waals surface area contributed by atoms with Crippen LogP contribution in [0.15, 0.2) is 48.5 Å². The molecule has 0 atom stereocenters. The van der Waals surface area contributed by atoms with Gasteiger partial charge in [0.05, 0.1) is 0 Å². The van der Waals surface area contributed by atoms with Gasteiger partial charge in [0, 0.05) is 0 Å². The van der Waals surface area contributed by atoms with E-state index in [1.54, 1.807) is 0 Å². The first-order valence-electron chi connectivity index (χ1n) is 15.5. The van der Waals surface area contributed by atoms with Gasteiger partial charge in [0.25, 0.3) is 0 Å². The van der Waals surface area contributed by atoms with Gasteiger partial charge in [-0.3, -0.25) is 0 Å². The first kappa shape index (κ1) is 32.1. The fraction of sp³-hybridized carbons (Fsp3) is 0.647. The number of unbranched alkanes of at least 4 members (excludes halogenated alkanes) is 10. The molecule has 208 valence electrons. The molecule has 2 nitrogen and oxygen atoms in total. The summed E-state index contributed by atoms with van der Waals surface area (Å²) in [6.45, 7) is 13.7. The molecule has 0 fully saturated rings. The summed E-state index contributed by atoms with van der Waals surface area (Å²) in [4.78, 5) is 0. The number of benzene rings is 2. The summed E-state index contributed by atoms with van der Waals surface area (Å²) < 4.78 is 16.8. The minimum absolute atomic E-state index is 0.436. The Labute approximate surface area is 234 Å². The Bertz CT molecular complexity index is 789. The summed E-state index contributed by atoms with van der Waals surface area (Å²) >= 11 is -3.55. The number of para-hydroxylation sites is 2. The van der Waals surface area contributed by atoms with Crippen molar-refractivity contribution >= 4 is 19.2 Å². The Balaban J connectivity index is 2.36. The van der Waals surface area contributed by atoms with E-state index < -0.39 is 19.2 Å². The van der Waals surface area contributed by atoms with Gasteiger partial charge >= 0.3 is 236 Å². The van der Waals surface area contributed by atoms with E-state index in [1.807, 2.05) is 0 Å². The van der Waals surface area contributed by atoms with E-state index in [2.05, 4.69) is 90.1 Å². The van der Waals surface area contributed by atoms with Crippen LogP contribution in [0.1, 0.15) is 142 Å². The van der Waals surface area contributed by atoms with Crippen LogP contribution >= 0.6 is 0 Å². The molecule has 0 aromatic heterocycles. The molecule has 37 heavy (non-hydrogen) atoms. The van der Waals surface area contributed by atoms with Gasteiger partial charge in [-0.1, -0.05) is 0 Å². The first-order chi connectivity index (χ1) is 17.9. The Morgan fingerprint density at radius 3 is 1.24 bits per heavy atom. The predicted molar refractivity (Wildman–Crippen MR) is 164 cm³/mol. The average Bonchev–Trinajstić information content (AvgIpc) is 2.88. The summed E-state index contributed by atoms with van der Waals surface area (Å²) in [5.74, 6) is 3.03. The molecule has 0 saturated carbocycles. The van der Waals surface area contributed by atoms with Crippen molar-refractivity contribution in [2.75, 3.05) is 0 Å². The Morgan fingerprint density at radius 1 is 0.514 bits per heavy atom. The molecule has 0 bridgehead atoms. The Hall–Kier alpha value is -1.16. The fourth-order valence-electron chi connectivity index (χ4n) is 5.20. The van der Waals surface area contributed by atoms with Gasteiger partial charge in [0.1, 0.15) is 0 Å². The SMILES string of the molecule is CCCCCCC[CH2][Sn]([CH2]CCCCCCC)([O]c1ccccc1C(C)C)[O]c1ccccc1C(C)C. The molecule has 0 spiro atoms. The van der Waals surface area contributed by atoms with E-state index >= 15 is 0 Å². The summed E-state index contributed by atoms with van der Waals surface area (Å²) in [7, 11) is 0. The van der Waals surface area contributed by atoms with Crippen LogP contribution in [0.3, 0.4) is 0 Å². The number of hydrogen-bond donors (Lipinski definition) is 0. The molecule has 0 amide bonds. The maximum absolute atomic E-state index is 7.28. The van der Waals surface area contributed by atoms with Crippen molar-refractivity contribution in [2.24, 2.45) is 0 Å². The van der Waals surface area contributed by atoms with Gasteiger partial charge in [0.15, 0.2) is 0 Å². The van der Waals surface area contributed by atoms with Crippen molar-refractivity contribution in [2.45, 2.75) is 139 Å². The van der Waals surface area contributed by atoms with E-state index in [9.17, 15) is 0 Å². The van der Waals surface area contributed by atoms with Crippen LogP contribution in [0.25, 0.3) is 0 Å². The van der Waals surface area contributed by atoms with E-state index in [-0.39, 0.29) is 0 Å². The van der Waals surface area contributed by atoms with E-state index in [4.69, 9.17) is 6.15 Å². The van der Waals surface area contributed by atoms with E-state index in [1.165, 1.54) is 88.2 Å². The second kappa shape index (κ2) is 18.2. The normalized spacial score (nSPS) is 11.9. The Morgan fingerprint density at radius 2 is 0.865 bits per heavy atom. The zero-order valence-corrected chi connectivity index (χ0v) is 27.8. The standard InChI is InChI=1S/2C9H12O.2C8H17.Sn/c2*1-7(2)8-5-3-4-6-9(8)10;2*1-3-5-7-8-6-4-2;/h2*3-7,10H,1-2H3;2*1,3-8H2,2H3;/q;;;;+2/p-2. The van der Waals surface area contributed by atoms with Gasteiger partial charge in [-0.2, -0.15) is 0 Å². The molecule has 2 aromatic carbocycles. The van der Waals surface area contributed by atoms with Crippen molar-refractivity contribution in [3.8, 4) is 11.5 Å². The second-order valence-electron chi connectivity index (χ2n) is 11.5. The van der Waals surface area contributed by atoms with Crippen LogP contribution in [-0.4, -0.2) is 19.2 Å². The van der Waals surface area contributed by atoms with Gasteiger partial charge in [-0.05, 0) is 0 Å². The second-order valence-corrected chi connectivity index (χ2v) is 20.8. The third kappa shape index (κ3) is 11.6. The molecule has 0 unspecified atom stereocenters. The van der Waals surface area contributed by atoms with Crippen LogP contribution in [-0.2, 0) is 0 Å². The molecule has 0 aliphatic heterocycles. The van der Waals surface area contributed by atoms with Crippen molar-refractivity contribution in [1.82, 2.24) is 0 Å². The molecule has 0 N–H and O–H groups in total. The van der Waals surface area contributed by atoms with Crippen molar-refractivity contribution in [1.29, 1.82) is 0 Å². The van der Waals surface area contributed by atoms with Gasteiger partial charge in [0.2, 0.25) is 0 Å². The molecule has 0 radical (unpaired) electrons. The van der Waals surface area contributed by atoms with Crippen LogP contribution in [0, 0.1) is 0 Å². The Kier molecular flexibility index (Phi) is 15.8. The van der Waals surface area contributed by atoms with Crippen molar-refractivity contribution in [3.05, 3.63) is 59.7 Å². The molecular formula is C34H56O2Sn. The predicted octanol–water partition coefficient (Wildman–Crippen LogP) is 11.6. The van der Waals surface area contributed by atoms with Crippen molar-refractivity contribution in [3.63, 3.8) is 0 Å². The third-order valence-electron chi connectivity index (χ3n) is 7.50. The zero-order chi connectivity index (χ0) is 26.9. The molecule has 2 aromatic rings. The van der Waals surface area contributed by atoms with Gasteiger partial charge in [-0.15, -0.1) is 0 Å². The van der Waals surface area contributed by atoms with Gasteiger partial charge < -0.3 is 0 Å². The first-order valence-corrected chi connectivity index (χ1v) is 21.8. The molecule has 0 aliphatic carbocycles. The minimum atomic E-state index is -3.55. The summed E-state index contributed by atoms with van der Waals surface area (Å²) in [5, 5.41) is 0.